The van der Waals surface area contributed by atoms with Gasteiger partial charge in [0.1, 0.15) is 6.54 Å². The van der Waals surface area contributed by atoms with Crippen molar-refractivity contribution < 1.29 is 14.4 Å². The van der Waals surface area contributed by atoms with Crippen molar-refractivity contribution in [3.05, 3.63) is 53.6 Å². The van der Waals surface area contributed by atoms with Gasteiger partial charge >= 0.3 is 6.03 Å². The standard InChI is InChI=1S/C23H26ClN5O3/c24-17-5-3-6-18(15-17)28-13-11-27(12-14-28)10-4-9-25-21(30)16-29-22(31)19-7-1-2-8-20(19)26-23(29)32/h1-3,5-8,15,19H,4,9-14,16H2,(H,25,30). The van der Waals surface area contributed by atoms with Gasteiger partial charge in [0.2, 0.25) is 11.8 Å². The Balaban J connectivity index is 1.16. The molecule has 9 heteroatoms. The van der Waals surface area contributed by atoms with Crippen LogP contribution in [0.25, 0.3) is 0 Å². The number of amides is 4. The molecule has 3 aliphatic rings. The van der Waals surface area contributed by atoms with Crippen molar-refractivity contribution in [2.45, 2.75) is 6.42 Å². The molecule has 0 bridgehead atoms. The maximum absolute atomic E-state index is 12.5. The summed E-state index contributed by atoms with van der Waals surface area (Å²) < 4.78 is 0. The fourth-order valence-corrected chi connectivity index (χ4v) is 4.24. The molecule has 2 heterocycles. The lowest BCUT2D eigenvalue weighted by Gasteiger charge is -2.36. The Morgan fingerprint density at radius 3 is 2.75 bits per heavy atom. The topological polar surface area (TPSA) is 85.3 Å². The molecular weight excluding hydrogens is 430 g/mol. The number of benzene rings is 1. The van der Waals surface area contributed by atoms with E-state index in [-0.39, 0.29) is 12.5 Å². The van der Waals surface area contributed by atoms with Gasteiger partial charge < -0.3 is 10.2 Å². The molecule has 1 saturated heterocycles. The average molecular weight is 456 g/mol. The van der Waals surface area contributed by atoms with Gasteiger partial charge in [-0.1, -0.05) is 35.9 Å². The van der Waals surface area contributed by atoms with Crippen molar-refractivity contribution >= 4 is 40.8 Å². The van der Waals surface area contributed by atoms with Crippen LogP contribution in [-0.2, 0) is 9.59 Å². The number of carbonyl (C=O) groups excluding carboxylic acids is 3. The van der Waals surface area contributed by atoms with E-state index in [9.17, 15) is 14.4 Å². The van der Waals surface area contributed by atoms with Gasteiger partial charge in [0, 0.05) is 43.4 Å². The molecular formula is C23H26ClN5O3. The van der Waals surface area contributed by atoms with Crippen LogP contribution in [0.5, 0.6) is 0 Å². The largest absolute Gasteiger partial charge is 0.369 e. The highest BCUT2D eigenvalue weighted by Gasteiger charge is 2.36. The van der Waals surface area contributed by atoms with Crippen molar-refractivity contribution in [3.63, 3.8) is 0 Å². The number of halogens is 1. The van der Waals surface area contributed by atoms with E-state index in [1.807, 2.05) is 18.2 Å². The minimum Gasteiger partial charge on any atom is -0.369 e. The Hall–Kier alpha value is -2.97. The lowest BCUT2D eigenvalue weighted by Crippen LogP contribution is -2.50. The summed E-state index contributed by atoms with van der Waals surface area (Å²) in [5.41, 5.74) is 1.57. The molecule has 1 aromatic carbocycles. The van der Waals surface area contributed by atoms with Crippen LogP contribution >= 0.6 is 11.6 Å². The maximum atomic E-state index is 12.5. The summed E-state index contributed by atoms with van der Waals surface area (Å²) in [4.78, 5) is 46.5. The molecule has 0 radical (unpaired) electrons. The Bertz CT molecular complexity index is 982. The van der Waals surface area contributed by atoms with E-state index >= 15 is 0 Å². The van der Waals surface area contributed by atoms with Crippen LogP contribution in [0.3, 0.4) is 0 Å². The second-order valence-electron chi connectivity index (χ2n) is 7.98. The normalized spacial score (nSPS) is 20.9. The number of carbonyl (C=O) groups is 3. The molecule has 1 fully saturated rings. The van der Waals surface area contributed by atoms with Crippen LogP contribution in [0.1, 0.15) is 6.42 Å². The monoisotopic (exact) mass is 455 g/mol. The minimum atomic E-state index is -0.686. The van der Waals surface area contributed by atoms with Crippen LogP contribution < -0.4 is 10.2 Å². The zero-order valence-electron chi connectivity index (χ0n) is 17.7. The Kier molecular flexibility index (Phi) is 7.02. The van der Waals surface area contributed by atoms with Crippen molar-refractivity contribution in [3.8, 4) is 0 Å². The van der Waals surface area contributed by atoms with E-state index in [0.717, 1.165) is 54.8 Å². The molecule has 1 N–H and O–H groups in total. The van der Waals surface area contributed by atoms with E-state index in [0.29, 0.717) is 12.3 Å². The maximum Gasteiger partial charge on any atom is 0.351 e. The fraction of sp³-hybridized carbons (Fsp3) is 0.391. The minimum absolute atomic E-state index is 0.305. The van der Waals surface area contributed by atoms with Gasteiger partial charge in [0.05, 0.1) is 11.6 Å². The third-order valence-electron chi connectivity index (χ3n) is 5.81. The summed E-state index contributed by atoms with van der Waals surface area (Å²) >= 11 is 6.09. The van der Waals surface area contributed by atoms with E-state index < -0.39 is 17.9 Å². The van der Waals surface area contributed by atoms with Crippen molar-refractivity contribution in [1.29, 1.82) is 0 Å². The Labute approximate surface area is 192 Å². The number of fused-ring (bicyclic) bond motifs is 1. The highest BCUT2D eigenvalue weighted by Crippen LogP contribution is 2.21. The molecule has 0 spiro atoms. The van der Waals surface area contributed by atoms with Crippen LogP contribution in [-0.4, -0.2) is 79.2 Å². The molecule has 1 aromatic rings. The van der Waals surface area contributed by atoms with Gasteiger partial charge in [0.25, 0.3) is 0 Å². The summed E-state index contributed by atoms with van der Waals surface area (Å²) in [7, 11) is 0. The number of nitrogens with one attached hydrogen (secondary N) is 1. The van der Waals surface area contributed by atoms with E-state index in [2.05, 4.69) is 26.2 Å². The van der Waals surface area contributed by atoms with Crippen molar-refractivity contribution in [2.75, 3.05) is 50.7 Å². The number of hydrogen-bond acceptors (Lipinski definition) is 5. The number of piperazine rings is 1. The van der Waals surface area contributed by atoms with Crippen molar-refractivity contribution in [2.24, 2.45) is 10.9 Å². The quantitative estimate of drug-likeness (QED) is 0.636. The third-order valence-corrected chi connectivity index (χ3v) is 6.04. The number of imide groups is 1. The molecule has 0 aromatic heterocycles. The molecule has 0 saturated carbocycles. The SMILES string of the molecule is O=C(CN1C(=O)N=C2C=CC=CC2C1=O)NCCCN1CCN(c2cccc(Cl)c2)CC1. The number of aliphatic imine (C=N–C) groups is 1. The number of hydrogen-bond donors (Lipinski definition) is 1. The van der Waals surface area contributed by atoms with E-state index in [1.54, 1.807) is 24.3 Å². The zero-order valence-corrected chi connectivity index (χ0v) is 18.5. The highest BCUT2D eigenvalue weighted by atomic mass is 35.5. The smallest absolute Gasteiger partial charge is 0.351 e. The first kappa shape index (κ1) is 22.2. The first-order valence-electron chi connectivity index (χ1n) is 10.8. The van der Waals surface area contributed by atoms with Gasteiger partial charge in [0.15, 0.2) is 0 Å². The molecule has 1 aliphatic carbocycles. The van der Waals surface area contributed by atoms with E-state index in [4.69, 9.17) is 11.6 Å². The number of allylic oxidation sites excluding steroid dienone is 3. The van der Waals surface area contributed by atoms with Crippen LogP contribution in [0.4, 0.5) is 10.5 Å². The second-order valence-corrected chi connectivity index (χ2v) is 8.41. The average Bonchev–Trinajstić information content (AvgIpc) is 2.80. The van der Waals surface area contributed by atoms with Gasteiger partial charge in [-0.3, -0.25) is 19.4 Å². The Morgan fingerprint density at radius 2 is 1.97 bits per heavy atom. The first-order valence-corrected chi connectivity index (χ1v) is 11.2. The summed E-state index contributed by atoms with van der Waals surface area (Å²) in [5.74, 6) is -1.35. The molecule has 1 unspecified atom stereocenters. The summed E-state index contributed by atoms with van der Waals surface area (Å²) in [6.45, 7) is 4.81. The van der Waals surface area contributed by atoms with Gasteiger partial charge in [-0.05, 0) is 37.2 Å². The number of nitrogens with zero attached hydrogens (tertiary/aromatic N) is 4. The number of anilines is 1. The Morgan fingerprint density at radius 1 is 1.16 bits per heavy atom. The summed E-state index contributed by atoms with van der Waals surface area (Å²) in [5, 5.41) is 3.55. The predicted octanol–water partition coefficient (Wildman–Crippen LogP) is 2.11. The highest BCUT2D eigenvalue weighted by molar-refractivity contribution is 6.30. The lowest BCUT2D eigenvalue weighted by molar-refractivity contribution is -0.134. The molecule has 2 aliphatic heterocycles. The van der Waals surface area contributed by atoms with Crippen LogP contribution in [0.2, 0.25) is 5.02 Å². The summed E-state index contributed by atoms with van der Waals surface area (Å²) in [6, 6.07) is 7.21. The zero-order chi connectivity index (χ0) is 22.5. The van der Waals surface area contributed by atoms with Gasteiger partial charge in [-0.25, -0.2) is 4.79 Å². The third kappa shape index (κ3) is 5.26. The van der Waals surface area contributed by atoms with Crippen LogP contribution in [0, 0.1) is 5.92 Å². The second kappa shape index (κ2) is 10.1. The van der Waals surface area contributed by atoms with Gasteiger partial charge in [-0.15, -0.1) is 0 Å². The number of rotatable bonds is 7. The lowest BCUT2D eigenvalue weighted by atomic mass is 9.95. The molecule has 168 valence electrons. The molecule has 1 atom stereocenters. The summed E-state index contributed by atoms with van der Waals surface area (Å²) in [6.07, 6.45) is 7.60. The molecule has 4 amide bonds. The van der Waals surface area contributed by atoms with Crippen LogP contribution in [0.15, 0.2) is 53.6 Å². The first-order chi connectivity index (χ1) is 15.5. The molecule has 8 nitrogen and oxygen atoms in total. The molecule has 32 heavy (non-hydrogen) atoms. The fourth-order valence-electron chi connectivity index (χ4n) is 4.06. The molecule has 4 rings (SSSR count). The van der Waals surface area contributed by atoms with Gasteiger partial charge in [-0.2, -0.15) is 4.99 Å². The van der Waals surface area contributed by atoms with Crippen molar-refractivity contribution in [1.82, 2.24) is 15.1 Å². The predicted molar refractivity (Wildman–Crippen MR) is 124 cm³/mol. The number of urea groups is 1. The van der Waals surface area contributed by atoms with E-state index in [1.165, 1.54) is 0 Å².